The molecule has 0 bridgehead atoms. The van der Waals surface area contributed by atoms with E-state index in [2.05, 4.69) is 0 Å². The summed E-state index contributed by atoms with van der Waals surface area (Å²) in [4.78, 5) is 39.4. The van der Waals surface area contributed by atoms with Gasteiger partial charge in [0, 0.05) is 38.2 Å². The molecule has 0 saturated carbocycles. The number of amides is 1. The second-order valence-corrected chi connectivity index (χ2v) is 7.36. The Morgan fingerprint density at radius 1 is 1.07 bits per heavy atom. The van der Waals surface area contributed by atoms with Crippen molar-refractivity contribution in [2.75, 3.05) is 37.7 Å². The minimum absolute atomic E-state index is 0.0573. The Morgan fingerprint density at radius 2 is 1.68 bits per heavy atom. The van der Waals surface area contributed by atoms with Gasteiger partial charge >= 0.3 is 5.97 Å². The summed E-state index contributed by atoms with van der Waals surface area (Å²) in [6.45, 7) is 4.61. The topological polar surface area (TPSA) is 93.0 Å². The average molecular weight is 389 g/mol. The van der Waals surface area contributed by atoms with Crippen molar-refractivity contribution in [1.29, 1.82) is 0 Å². The van der Waals surface area contributed by atoms with Crippen LogP contribution in [0.1, 0.15) is 32.6 Å². The summed E-state index contributed by atoms with van der Waals surface area (Å²) in [5.74, 6) is -0.181. The van der Waals surface area contributed by atoms with Gasteiger partial charge in [-0.1, -0.05) is 12.1 Å². The van der Waals surface area contributed by atoms with Crippen LogP contribution in [-0.4, -0.2) is 54.5 Å². The van der Waals surface area contributed by atoms with Gasteiger partial charge < -0.3 is 14.5 Å². The lowest BCUT2D eigenvalue weighted by atomic mass is 9.92. The molecule has 2 saturated heterocycles. The summed E-state index contributed by atoms with van der Waals surface area (Å²) in [7, 11) is 0. The first kappa shape index (κ1) is 20.1. The molecule has 0 aliphatic carbocycles. The van der Waals surface area contributed by atoms with E-state index < -0.39 is 0 Å². The molecule has 0 spiro atoms. The molecule has 152 valence electrons. The van der Waals surface area contributed by atoms with E-state index in [1.54, 1.807) is 25.1 Å². The lowest BCUT2D eigenvalue weighted by Crippen LogP contribution is -2.46. The predicted octanol–water partition coefficient (Wildman–Crippen LogP) is 2.61. The predicted molar refractivity (Wildman–Crippen MR) is 104 cm³/mol. The van der Waals surface area contributed by atoms with Crippen LogP contribution in [0.4, 0.5) is 11.4 Å². The number of nitro benzene ring substituents is 1. The van der Waals surface area contributed by atoms with Gasteiger partial charge in [-0.05, 0) is 38.7 Å². The molecule has 0 aromatic heterocycles. The van der Waals surface area contributed by atoms with E-state index in [1.807, 2.05) is 9.80 Å². The van der Waals surface area contributed by atoms with Gasteiger partial charge in [0.15, 0.2) is 0 Å². The third-order valence-corrected chi connectivity index (χ3v) is 5.69. The first-order chi connectivity index (χ1) is 13.5. The zero-order valence-corrected chi connectivity index (χ0v) is 16.2. The smallest absolute Gasteiger partial charge is 0.309 e. The fraction of sp³-hybridized carbons (Fsp3) is 0.600. The van der Waals surface area contributed by atoms with Crippen LogP contribution in [0.5, 0.6) is 0 Å². The van der Waals surface area contributed by atoms with Gasteiger partial charge in [0.2, 0.25) is 5.91 Å². The molecule has 1 aromatic carbocycles. The third kappa shape index (κ3) is 4.43. The van der Waals surface area contributed by atoms with Gasteiger partial charge in [-0.3, -0.25) is 19.7 Å². The van der Waals surface area contributed by atoms with Crippen LogP contribution in [0, 0.1) is 22.0 Å². The molecule has 2 fully saturated rings. The van der Waals surface area contributed by atoms with Crippen molar-refractivity contribution in [1.82, 2.24) is 4.90 Å². The fourth-order valence-electron chi connectivity index (χ4n) is 4.11. The number of hydrogen-bond donors (Lipinski definition) is 0. The first-order valence-electron chi connectivity index (χ1n) is 9.95. The summed E-state index contributed by atoms with van der Waals surface area (Å²) >= 11 is 0. The number of para-hydroxylation sites is 2. The van der Waals surface area contributed by atoms with E-state index in [1.165, 1.54) is 6.07 Å². The van der Waals surface area contributed by atoms with Gasteiger partial charge in [-0.2, -0.15) is 0 Å². The molecule has 1 aromatic rings. The van der Waals surface area contributed by atoms with Crippen LogP contribution >= 0.6 is 0 Å². The maximum atomic E-state index is 12.9. The minimum atomic E-state index is -0.361. The molecule has 8 nitrogen and oxygen atoms in total. The number of rotatable bonds is 5. The van der Waals surface area contributed by atoms with Gasteiger partial charge in [0.05, 0.1) is 17.4 Å². The summed E-state index contributed by atoms with van der Waals surface area (Å²) in [6, 6.07) is 6.74. The monoisotopic (exact) mass is 389 g/mol. The number of carbonyl (C=O) groups is 2. The highest BCUT2D eigenvalue weighted by molar-refractivity contribution is 5.80. The second-order valence-electron chi connectivity index (χ2n) is 7.36. The lowest BCUT2D eigenvalue weighted by Gasteiger charge is -2.37. The van der Waals surface area contributed by atoms with E-state index in [4.69, 9.17) is 4.74 Å². The average Bonchev–Trinajstić information content (AvgIpc) is 2.73. The Labute approximate surface area is 164 Å². The zero-order valence-electron chi connectivity index (χ0n) is 16.2. The summed E-state index contributed by atoms with van der Waals surface area (Å²) in [5.41, 5.74) is 0.724. The van der Waals surface area contributed by atoms with E-state index in [-0.39, 0.29) is 34.3 Å². The van der Waals surface area contributed by atoms with Crippen LogP contribution in [-0.2, 0) is 14.3 Å². The molecular weight excluding hydrogens is 362 g/mol. The van der Waals surface area contributed by atoms with E-state index >= 15 is 0 Å². The second kappa shape index (κ2) is 9.03. The number of hydrogen-bond acceptors (Lipinski definition) is 6. The van der Waals surface area contributed by atoms with E-state index in [0.717, 1.165) is 0 Å². The van der Waals surface area contributed by atoms with E-state index in [9.17, 15) is 19.7 Å². The number of piperidine rings is 2. The van der Waals surface area contributed by atoms with Crippen LogP contribution in [0.2, 0.25) is 0 Å². The molecule has 2 aliphatic rings. The molecule has 0 unspecified atom stereocenters. The van der Waals surface area contributed by atoms with Crippen LogP contribution < -0.4 is 4.90 Å². The Bertz CT molecular complexity index is 722. The maximum Gasteiger partial charge on any atom is 0.309 e. The molecular formula is C20H27N3O5. The molecule has 0 radical (unpaired) electrons. The summed E-state index contributed by atoms with van der Waals surface area (Å²) < 4.78 is 5.08. The number of esters is 1. The Hall–Kier alpha value is -2.64. The Morgan fingerprint density at radius 3 is 2.29 bits per heavy atom. The number of nitro groups is 1. The summed E-state index contributed by atoms with van der Waals surface area (Å²) in [5, 5.41) is 11.2. The number of ether oxygens (including phenoxy) is 1. The fourth-order valence-corrected chi connectivity index (χ4v) is 4.11. The van der Waals surface area contributed by atoms with Crippen molar-refractivity contribution >= 4 is 23.3 Å². The van der Waals surface area contributed by atoms with Crippen molar-refractivity contribution in [3.8, 4) is 0 Å². The molecule has 0 atom stereocenters. The summed E-state index contributed by atoms with van der Waals surface area (Å²) in [6.07, 6.45) is 2.67. The molecule has 3 rings (SSSR count). The highest BCUT2D eigenvalue weighted by Crippen LogP contribution is 2.32. The van der Waals surface area contributed by atoms with Crippen molar-refractivity contribution in [3.63, 3.8) is 0 Å². The molecule has 8 heteroatoms. The quantitative estimate of drug-likeness (QED) is 0.437. The van der Waals surface area contributed by atoms with Gasteiger partial charge in [0.1, 0.15) is 5.69 Å². The molecule has 1 amide bonds. The van der Waals surface area contributed by atoms with Gasteiger partial charge in [-0.25, -0.2) is 0 Å². The largest absolute Gasteiger partial charge is 0.466 e. The molecule has 0 N–H and O–H groups in total. The number of benzene rings is 1. The van der Waals surface area contributed by atoms with Crippen molar-refractivity contribution in [2.24, 2.45) is 11.8 Å². The Balaban J connectivity index is 1.52. The van der Waals surface area contributed by atoms with Crippen LogP contribution in [0.15, 0.2) is 24.3 Å². The van der Waals surface area contributed by atoms with Crippen molar-refractivity contribution in [2.45, 2.75) is 32.6 Å². The number of anilines is 1. The van der Waals surface area contributed by atoms with Gasteiger partial charge in [0.25, 0.3) is 5.69 Å². The number of nitrogens with zero attached hydrogens (tertiary/aromatic N) is 3. The first-order valence-corrected chi connectivity index (χ1v) is 9.95. The highest BCUT2D eigenvalue weighted by atomic mass is 16.6. The van der Waals surface area contributed by atoms with Gasteiger partial charge in [-0.15, -0.1) is 0 Å². The Kier molecular flexibility index (Phi) is 6.49. The van der Waals surface area contributed by atoms with E-state index in [0.29, 0.717) is 64.2 Å². The minimum Gasteiger partial charge on any atom is -0.466 e. The zero-order chi connectivity index (χ0) is 20.1. The highest BCUT2D eigenvalue weighted by Gasteiger charge is 2.33. The van der Waals surface area contributed by atoms with Crippen LogP contribution in [0.3, 0.4) is 0 Å². The standard InChI is InChI=1S/C20H27N3O5/c1-2-28-20(25)16-9-13-22(14-10-16)19(24)15-7-11-21(12-8-15)17-5-3-4-6-18(17)23(26)27/h3-6,15-16H,2,7-14H2,1H3. The SMILES string of the molecule is CCOC(=O)C1CCN(C(=O)C2CCN(c3ccccc3[N+](=O)[O-])CC2)CC1. The van der Waals surface area contributed by atoms with Crippen molar-refractivity contribution < 1.29 is 19.2 Å². The van der Waals surface area contributed by atoms with Crippen LogP contribution in [0.25, 0.3) is 0 Å². The molecule has 2 aliphatic heterocycles. The molecule has 2 heterocycles. The third-order valence-electron chi connectivity index (χ3n) is 5.69. The number of likely N-dealkylation sites (tertiary alicyclic amines) is 1. The lowest BCUT2D eigenvalue weighted by molar-refractivity contribution is -0.384. The normalized spacial score (nSPS) is 18.8. The number of carbonyl (C=O) groups excluding carboxylic acids is 2. The molecule has 28 heavy (non-hydrogen) atoms. The maximum absolute atomic E-state index is 12.9. The van der Waals surface area contributed by atoms with Crippen molar-refractivity contribution in [3.05, 3.63) is 34.4 Å².